The van der Waals surface area contributed by atoms with Crippen molar-refractivity contribution in [2.24, 2.45) is 17.8 Å². The molecule has 176 valence electrons. The number of hydroxylamine groups is 2. The van der Waals surface area contributed by atoms with Gasteiger partial charge in [-0.3, -0.25) is 4.79 Å². The van der Waals surface area contributed by atoms with Crippen LogP contribution in [0.25, 0.3) is 0 Å². The predicted molar refractivity (Wildman–Crippen MR) is 120 cm³/mol. The van der Waals surface area contributed by atoms with Gasteiger partial charge in [-0.1, -0.05) is 26.0 Å². The molecule has 2 amide bonds. The molecule has 2 heterocycles. The molecule has 0 aromatic rings. The second-order valence-corrected chi connectivity index (χ2v) is 11.5. The van der Waals surface area contributed by atoms with Crippen LogP contribution in [-0.2, 0) is 9.53 Å². The molecule has 7 nitrogen and oxygen atoms in total. The Hall–Kier alpha value is -1.60. The van der Waals surface area contributed by atoms with E-state index < -0.39 is 11.7 Å². The number of ether oxygens (including phenoxy) is 1. The monoisotopic (exact) mass is 435 g/mol. The highest BCUT2D eigenvalue weighted by Crippen LogP contribution is 2.53. The van der Waals surface area contributed by atoms with Crippen molar-refractivity contribution in [3.05, 3.63) is 12.2 Å². The third-order valence-corrected chi connectivity index (χ3v) is 6.89. The Labute approximate surface area is 186 Å². The summed E-state index contributed by atoms with van der Waals surface area (Å²) in [5.41, 5.74) is -0.673. The van der Waals surface area contributed by atoms with Crippen LogP contribution in [0.15, 0.2) is 12.2 Å². The van der Waals surface area contributed by atoms with Crippen LogP contribution in [0.5, 0.6) is 0 Å². The summed E-state index contributed by atoms with van der Waals surface area (Å²) in [6, 6.07) is 0.288. The van der Waals surface area contributed by atoms with Gasteiger partial charge < -0.3 is 20.6 Å². The van der Waals surface area contributed by atoms with Crippen LogP contribution in [0.3, 0.4) is 0 Å². The molecule has 0 radical (unpaired) electrons. The van der Waals surface area contributed by atoms with E-state index in [4.69, 9.17) is 4.74 Å². The van der Waals surface area contributed by atoms with E-state index in [1.165, 1.54) is 0 Å². The fourth-order valence-electron chi connectivity index (χ4n) is 5.91. The molecule has 4 bridgehead atoms. The minimum atomic E-state index is -0.543. The molecule has 4 fully saturated rings. The molecule has 4 rings (SSSR count). The molecule has 0 aromatic carbocycles. The number of amides is 2. The number of hydrogen-bond donors (Lipinski definition) is 3. The maximum absolute atomic E-state index is 12.7. The zero-order valence-electron chi connectivity index (χ0n) is 20.0. The lowest BCUT2D eigenvalue weighted by Crippen LogP contribution is -2.69. The summed E-state index contributed by atoms with van der Waals surface area (Å²) in [4.78, 5) is 24.8. The van der Waals surface area contributed by atoms with Gasteiger partial charge in [0.1, 0.15) is 5.60 Å². The summed E-state index contributed by atoms with van der Waals surface area (Å²) in [7, 11) is 0. The third-order valence-electron chi connectivity index (χ3n) is 6.89. The summed E-state index contributed by atoms with van der Waals surface area (Å²) in [5, 5.41) is 18.2. The minimum Gasteiger partial charge on any atom is -0.444 e. The lowest BCUT2D eigenvalue weighted by molar-refractivity contribution is -0.274. The molecule has 7 heteroatoms. The number of nitrogens with zero attached hydrogens (tertiary/aromatic N) is 1. The van der Waals surface area contributed by atoms with Crippen molar-refractivity contribution in [1.82, 2.24) is 15.7 Å². The van der Waals surface area contributed by atoms with Gasteiger partial charge in [-0.25, -0.2) is 4.79 Å². The second-order valence-electron chi connectivity index (χ2n) is 11.5. The lowest BCUT2D eigenvalue weighted by atomic mass is 9.57. The molecule has 0 spiro atoms. The Morgan fingerprint density at radius 3 is 2.35 bits per heavy atom. The average molecular weight is 436 g/mol. The molecule has 2 aliphatic heterocycles. The molecule has 0 aromatic heterocycles. The molecule has 3 N–H and O–H groups in total. The molecular weight excluding hydrogens is 394 g/mol. The van der Waals surface area contributed by atoms with E-state index in [9.17, 15) is 14.8 Å². The van der Waals surface area contributed by atoms with Crippen molar-refractivity contribution in [2.45, 2.75) is 109 Å². The SMILES string of the molecule is CC(C)C[C@@H](/C=C/CC(=O)NC1[C@@H]2CC3C[C@H]1C[C@](C)(C2)N3O)NC(=O)OC(C)(C)C. The Morgan fingerprint density at radius 1 is 1.23 bits per heavy atom. The number of carbonyl (C=O) groups is 2. The van der Waals surface area contributed by atoms with E-state index in [1.807, 2.05) is 32.9 Å². The Morgan fingerprint density at radius 2 is 1.84 bits per heavy atom. The van der Waals surface area contributed by atoms with Gasteiger partial charge in [-0.2, -0.15) is 5.06 Å². The van der Waals surface area contributed by atoms with Gasteiger partial charge in [0, 0.05) is 24.0 Å². The molecule has 31 heavy (non-hydrogen) atoms. The van der Waals surface area contributed by atoms with Crippen molar-refractivity contribution >= 4 is 12.0 Å². The number of rotatable bonds is 7. The number of hydrogen-bond acceptors (Lipinski definition) is 5. The van der Waals surface area contributed by atoms with Crippen LogP contribution < -0.4 is 10.6 Å². The highest BCUT2D eigenvalue weighted by molar-refractivity contribution is 5.78. The van der Waals surface area contributed by atoms with Crippen molar-refractivity contribution in [2.75, 3.05) is 0 Å². The summed E-state index contributed by atoms with van der Waals surface area (Å²) in [6.45, 7) is 11.9. The summed E-state index contributed by atoms with van der Waals surface area (Å²) in [5.74, 6) is 1.32. The smallest absolute Gasteiger partial charge is 0.408 e. The van der Waals surface area contributed by atoms with E-state index in [0.29, 0.717) is 24.2 Å². The van der Waals surface area contributed by atoms with E-state index in [0.717, 1.165) is 32.1 Å². The van der Waals surface area contributed by atoms with Crippen molar-refractivity contribution < 1.29 is 19.5 Å². The largest absolute Gasteiger partial charge is 0.444 e. The minimum absolute atomic E-state index is 0.0281. The normalized spacial score (nSPS) is 33.7. The van der Waals surface area contributed by atoms with Gasteiger partial charge >= 0.3 is 6.09 Å². The fraction of sp³-hybridized carbons (Fsp3) is 0.833. The zero-order valence-corrected chi connectivity index (χ0v) is 20.0. The van der Waals surface area contributed by atoms with Gasteiger partial charge in [0.25, 0.3) is 0 Å². The topological polar surface area (TPSA) is 90.9 Å². The van der Waals surface area contributed by atoms with Crippen LogP contribution >= 0.6 is 0 Å². The maximum Gasteiger partial charge on any atom is 0.408 e. The number of nitrogens with one attached hydrogen (secondary N) is 2. The average Bonchev–Trinajstić information content (AvgIpc) is 2.58. The quantitative estimate of drug-likeness (QED) is 0.526. The van der Waals surface area contributed by atoms with Crippen molar-refractivity contribution in [3.8, 4) is 0 Å². The first-order chi connectivity index (χ1) is 14.4. The standard InChI is InChI=1S/C24H41N3O4/c1-15(2)10-18(25-22(29)31-23(3,4)5)8-7-9-20(28)26-21-16-11-19-12-17(21)14-24(6,13-16)27(19)30/h7-8,15-19,21,30H,9-14H2,1-6H3,(H,25,29)(H,26,28)/b8-7+/t16-,17+,18-,19?,21?,24+/m1/s1. The highest BCUT2D eigenvalue weighted by Gasteiger charge is 2.57. The first-order valence-corrected chi connectivity index (χ1v) is 11.8. The molecule has 2 aliphatic carbocycles. The van der Waals surface area contributed by atoms with E-state index in [2.05, 4.69) is 31.4 Å². The number of alkyl carbamates (subject to hydrolysis) is 1. The molecule has 4 aliphatic rings. The molecule has 2 saturated heterocycles. The maximum atomic E-state index is 12.7. The number of carbonyl (C=O) groups excluding carboxylic acids is 2. The van der Waals surface area contributed by atoms with Crippen LogP contribution in [0.4, 0.5) is 4.79 Å². The highest BCUT2D eigenvalue weighted by atomic mass is 16.6. The summed E-state index contributed by atoms with van der Waals surface area (Å²) < 4.78 is 5.36. The summed E-state index contributed by atoms with van der Waals surface area (Å²) >= 11 is 0. The van der Waals surface area contributed by atoms with E-state index in [1.54, 1.807) is 5.06 Å². The van der Waals surface area contributed by atoms with Gasteiger partial charge in [0.2, 0.25) is 5.91 Å². The van der Waals surface area contributed by atoms with Crippen molar-refractivity contribution in [3.63, 3.8) is 0 Å². The number of piperidine rings is 2. The van der Waals surface area contributed by atoms with E-state index >= 15 is 0 Å². The third kappa shape index (κ3) is 6.01. The van der Waals surface area contributed by atoms with Crippen molar-refractivity contribution in [1.29, 1.82) is 0 Å². The van der Waals surface area contributed by atoms with Crippen LogP contribution in [0.2, 0.25) is 0 Å². The lowest BCUT2D eigenvalue weighted by Gasteiger charge is -2.62. The summed E-state index contributed by atoms with van der Waals surface area (Å²) in [6.07, 6.45) is 8.19. The van der Waals surface area contributed by atoms with Crippen LogP contribution in [0.1, 0.15) is 80.1 Å². The predicted octanol–water partition coefficient (Wildman–Crippen LogP) is 4.01. The fourth-order valence-corrected chi connectivity index (χ4v) is 5.91. The van der Waals surface area contributed by atoms with E-state index in [-0.39, 0.29) is 29.6 Å². The first kappa shape index (κ1) is 24.1. The molecular formula is C24H41N3O4. The first-order valence-electron chi connectivity index (χ1n) is 11.8. The molecule has 2 saturated carbocycles. The van der Waals surface area contributed by atoms with Crippen LogP contribution in [-0.4, -0.2) is 51.5 Å². The Balaban J connectivity index is 1.51. The molecule has 6 atom stereocenters. The Kier molecular flexibility index (Phi) is 7.06. The zero-order chi connectivity index (χ0) is 23.0. The van der Waals surface area contributed by atoms with Gasteiger partial charge in [0.15, 0.2) is 0 Å². The Bertz CT molecular complexity index is 683. The van der Waals surface area contributed by atoms with Gasteiger partial charge in [-0.05, 0) is 77.6 Å². The second kappa shape index (κ2) is 9.10. The van der Waals surface area contributed by atoms with Gasteiger partial charge in [-0.15, -0.1) is 0 Å². The van der Waals surface area contributed by atoms with Gasteiger partial charge in [0.05, 0.1) is 6.04 Å². The molecule has 2 unspecified atom stereocenters. The van der Waals surface area contributed by atoms with Crippen LogP contribution in [0, 0.1) is 17.8 Å².